The third-order valence-electron chi connectivity index (χ3n) is 5.87. The van der Waals surface area contributed by atoms with Gasteiger partial charge in [-0.2, -0.15) is 0 Å². The maximum absolute atomic E-state index is 13.6. The van der Waals surface area contributed by atoms with Crippen LogP contribution in [0.5, 0.6) is 0 Å². The van der Waals surface area contributed by atoms with E-state index in [0.717, 1.165) is 10.5 Å². The maximum Gasteiger partial charge on any atom is 0.338 e. The van der Waals surface area contributed by atoms with Gasteiger partial charge in [-0.3, -0.25) is 14.5 Å². The summed E-state index contributed by atoms with van der Waals surface area (Å²) in [6.07, 6.45) is 1.99. The summed E-state index contributed by atoms with van der Waals surface area (Å²) < 4.78 is 11.0. The lowest BCUT2D eigenvalue weighted by atomic mass is 9.98. The van der Waals surface area contributed by atoms with Crippen LogP contribution in [0.4, 0.5) is 5.69 Å². The number of carbonyl (C=O) groups is 2. The lowest BCUT2D eigenvalue weighted by Gasteiger charge is -2.25. The number of hydrogen-bond donors (Lipinski definition) is 0. The van der Waals surface area contributed by atoms with Gasteiger partial charge in [0.05, 0.1) is 29.2 Å². The van der Waals surface area contributed by atoms with Crippen molar-refractivity contribution in [2.75, 3.05) is 17.8 Å². The van der Waals surface area contributed by atoms with E-state index in [1.54, 1.807) is 72.1 Å². The minimum atomic E-state index is -0.660. The first-order valence-corrected chi connectivity index (χ1v) is 12.1. The molecule has 4 aromatic rings. The Bertz CT molecular complexity index is 1460. The van der Waals surface area contributed by atoms with Crippen LogP contribution in [0, 0.1) is 0 Å². The van der Waals surface area contributed by atoms with Crippen LogP contribution in [-0.4, -0.2) is 24.7 Å². The molecule has 0 saturated heterocycles. The number of rotatable bonds is 5. The van der Waals surface area contributed by atoms with Crippen molar-refractivity contribution >= 4 is 40.3 Å². The predicted octanol–water partition coefficient (Wildman–Crippen LogP) is 5.44. The van der Waals surface area contributed by atoms with Crippen molar-refractivity contribution in [1.82, 2.24) is 0 Å². The Labute approximate surface area is 200 Å². The van der Waals surface area contributed by atoms with Crippen LogP contribution >= 0.6 is 11.8 Å². The van der Waals surface area contributed by atoms with Crippen molar-refractivity contribution in [3.63, 3.8) is 0 Å². The lowest BCUT2D eigenvalue weighted by Crippen LogP contribution is -2.29. The molecule has 0 spiro atoms. The van der Waals surface area contributed by atoms with E-state index >= 15 is 0 Å². The standard InChI is InChI=1S/C27H21NO5S/c1-3-32-27(31)17-8-12-18(13-9-17)28-23(16-10-14-19(34-2)15-11-16)22-24(29)20-6-4-5-7-21(20)33-25(22)26(28)30/h4-15,23H,3H2,1-2H3/t23-/m0/s1. The molecule has 0 unspecified atom stereocenters. The molecule has 3 aromatic carbocycles. The Balaban J connectivity index is 1.68. The number of esters is 1. The highest BCUT2D eigenvalue weighted by Crippen LogP contribution is 2.41. The van der Waals surface area contributed by atoms with Gasteiger partial charge in [0.25, 0.3) is 5.91 Å². The molecule has 0 saturated carbocycles. The monoisotopic (exact) mass is 471 g/mol. The van der Waals surface area contributed by atoms with Crippen LogP contribution in [-0.2, 0) is 4.74 Å². The molecule has 1 aliphatic rings. The molecular formula is C27H21NO5S. The number of hydrogen-bond acceptors (Lipinski definition) is 6. The molecule has 1 amide bonds. The van der Waals surface area contributed by atoms with Gasteiger partial charge >= 0.3 is 5.97 Å². The first-order chi connectivity index (χ1) is 16.5. The second-order valence-corrected chi connectivity index (χ2v) is 8.67. The van der Waals surface area contributed by atoms with Gasteiger partial charge in [0, 0.05) is 10.6 Å². The van der Waals surface area contributed by atoms with E-state index in [1.807, 2.05) is 30.5 Å². The van der Waals surface area contributed by atoms with Crippen LogP contribution in [0.3, 0.4) is 0 Å². The number of para-hydroxylation sites is 1. The number of nitrogens with zero attached hydrogens (tertiary/aromatic N) is 1. The number of carbonyl (C=O) groups excluding carboxylic acids is 2. The highest BCUT2D eigenvalue weighted by Gasteiger charge is 2.43. The second-order valence-electron chi connectivity index (χ2n) is 7.79. The smallest absolute Gasteiger partial charge is 0.338 e. The lowest BCUT2D eigenvalue weighted by molar-refractivity contribution is 0.0526. The average Bonchev–Trinajstić information content (AvgIpc) is 3.17. The number of anilines is 1. The largest absolute Gasteiger partial charge is 0.462 e. The van der Waals surface area contributed by atoms with Crippen molar-refractivity contribution < 1.29 is 18.7 Å². The minimum Gasteiger partial charge on any atom is -0.462 e. The summed E-state index contributed by atoms with van der Waals surface area (Å²) in [5.41, 5.74) is 2.19. The zero-order valence-corrected chi connectivity index (χ0v) is 19.4. The molecule has 34 heavy (non-hydrogen) atoms. The minimum absolute atomic E-state index is 0.0390. The molecule has 0 N–H and O–H groups in total. The quantitative estimate of drug-likeness (QED) is 0.285. The molecule has 0 aliphatic carbocycles. The molecule has 170 valence electrons. The SMILES string of the molecule is CCOC(=O)c1ccc(N2C(=O)c3oc4ccccc4c(=O)c3[C@@H]2c2ccc(SC)cc2)cc1. The Hall–Kier alpha value is -3.84. The highest BCUT2D eigenvalue weighted by atomic mass is 32.2. The normalized spacial score (nSPS) is 14.9. The van der Waals surface area contributed by atoms with Gasteiger partial charge in [0.15, 0.2) is 5.43 Å². The van der Waals surface area contributed by atoms with Gasteiger partial charge in [-0.1, -0.05) is 24.3 Å². The molecular weight excluding hydrogens is 450 g/mol. The third-order valence-corrected chi connectivity index (χ3v) is 6.61. The van der Waals surface area contributed by atoms with Gasteiger partial charge in [-0.05, 0) is 67.3 Å². The fourth-order valence-electron chi connectivity index (χ4n) is 4.26. The number of benzene rings is 3. The Morgan fingerprint density at radius 3 is 2.38 bits per heavy atom. The molecule has 6 nitrogen and oxygen atoms in total. The van der Waals surface area contributed by atoms with Crippen LogP contribution in [0.15, 0.2) is 86.9 Å². The Morgan fingerprint density at radius 2 is 1.71 bits per heavy atom. The van der Waals surface area contributed by atoms with Gasteiger partial charge in [0.1, 0.15) is 5.58 Å². The number of fused-ring (bicyclic) bond motifs is 2. The van der Waals surface area contributed by atoms with Crippen molar-refractivity contribution in [2.45, 2.75) is 17.9 Å². The molecule has 2 heterocycles. The molecule has 0 radical (unpaired) electrons. The van der Waals surface area contributed by atoms with E-state index in [4.69, 9.17) is 9.15 Å². The average molecular weight is 472 g/mol. The molecule has 5 rings (SSSR count). The predicted molar refractivity (Wildman–Crippen MR) is 132 cm³/mol. The first kappa shape index (κ1) is 22.0. The number of amides is 1. The molecule has 1 atom stereocenters. The highest BCUT2D eigenvalue weighted by molar-refractivity contribution is 7.98. The van der Waals surface area contributed by atoms with Crippen LogP contribution in [0.2, 0.25) is 0 Å². The summed E-state index contributed by atoms with van der Waals surface area (Å²) >= 11 is 1.61. The van der Waals surface area contributed by atoms with Crippen LogP contribution in [0.1, 0.15) is 45.0 Å². The van der Waals surface area contributed by atoms with E-state index in [-0.39, 0.29) is 17.8 Å². The summed E-state index contributed by atoms with van der Waals surface area (Å²) in [5.74, 6) is -0.796. The molecule has 0 bridgehead atoms. The van der Waals surface area contributed by atoms with Crippen molar-refractivity contribution in [3.8, 4) is 0 Å². The van der Waals surface area contributed by atoms with E-state index in [1.165, 1.54) is 0 Å². The summed E-state index contributed by atoms with van der Waals surface area (Å²) in [6, 6.07) is 20.6. The first-order valence-electron chi connectivity index (χ1n) is 10.8. The fraction of sp³-hybridized carbons (Fsp3) is 0.148. The van der Waals surface area contributed by atoms with E-state index in [9.17, 15) is 14.4 Å². The van der Waals surface area contributed by atoms with Gasteiger partial charge in [0.2, 0.25) is 5.76 Å². The number of ether oxygens (including phenoxy) is 1. The van der Waals surface area contributed by atoms with Crippen molar-refractivity contribution in [1.29, 1.82) is 0 Å². The van der Waals surface area contributed by atoms with E-state index in [0.29, 0.717) is 27.8 Å². The Kier molecular flexibility index (Phi) is 5.71. The summed E-state index contributed by atoms with van der Waals surface area (Å²) in [4.78, 5) is 41.9. The summed E-state index contributed by atoms with van der Waals surface area (Å²) in [7, 11) is 0. The molecule has 1 aliphatic heterocycles. The van der Waals surface area contributed by atoms with Gasteiger partial charge < -0.3 is 9.15 Å². The number of thioether (sulfide) groups is 1. The van der Waals surface area contributed by atoms with Crippen LogP contribution in [0.25, 0.3) is 11.0 Å². The maximum atomic E-state index is 13.6. The van der Waals surface area contributed by atoms with Crippen LogP contribution < -0.4 is 10.3 Å². The summed E-state index contributed by atoms with van der Waals surface area (Å²) in [6.45, 7) is 2.02. The zero-order valence-electron chi connectivity index (χ0n) is 18.6. The summed E-state index contributed by atoms with van der Waals surface area (Å²) in [5, 5.41) is 0.430. The molecule has 7 heteroatoms. The van der Waals surface area contributed by atoms with Crippen molar-refractivity contribution in [3.05, 3.63) is 105 Å². The topological polar surface area (TPSA) is 76.8 Å². The zero-order chi connectivity index (χ0) is 23.8. The molecule has 1 aromatic heterocycles. The molecule has 0 fully saturated rings. The van der Waals surface area contributed by atoms with Crippen molar-refractivity contribution in [2.24, 2.45) is 0 Å². The van der Waals surface area contributed by atoms with E-state index in [2.05, 4.69) is 0 Å². The fourth-order valence-corrected chi connectivity index (χ4v) is 4.67. The van der Waals surface area contributed by atoms with Gasteiger partial charge in [-0.15, -0.1) is 11.8 Å². The van der Waals surface area contributed by atoms with E-state index < -0.39 is 17.9 Å². The van der Waals surface area contributed by atoms with Gasteiger partial charge in [-0.25, -0.2) is 4.79 Å². The Morgan fingerprint density at radius 1 is 1.00 bits per heavy atom. The second kappa shape index (κ2) is 8.83. The third kappa shape index (κ3) is 3.58.